The lowest BCUT2D eigenvalue weighted by Crippen LogP contribution is -2.22. The first-order valence-corrected chi connectivity index (χ1v) is 4.42. The number of hydrogen-bond acceptors (Lipinski definition) is 2. The maximum Gasteiger partial charge on any atom is 0.0659 e. The van der Waals surface area contributed by atoms with E-state index < -0.39 is 0 Å². The monoisotopic (exact) mass is 171 g/mol. The van der Waals surface area contributed by atoms with Crippen molar-refractivity contribution in [2.24, 2.45) is 5.73 Å². The van der Waals surface area contributed by atoms with Crippen LogP contribution >= 0.6 is 0 Å². The zero-order chi connectivity index (χ0) is 9.61. The number of methoxy groups -OCH3 is 1. The Hall–Kier alpha value is -0.340. The van der Waals surface area contributed by atoms with Crippen molar-refractivity contribution in [3.8, 4) is 0 Å². The van der Waals surface area contributed by atoms with E-state index in [1.54, 1.807) is 7.11 Å². The van der Waals surface area contributed by atoms with Gasteiger partial charge in [0.2, 0.25) is 0 Å². The van der Waals surface area contributed by atoms with Crippen molar-refractivity contribution in [3.05, 3.63) is 11.6 Å². The third kappa shape index (κ3) is 5.33. The van der Waals surface area contributed by atoms with E-state index in [0.29, 0.717) is 0 Å². The van der Waals surface area contributed by atoms with Gasteiger partial charge < -0.3 is 10.5 Å². The summed E-state index contributed by atoms with van der Waals surface area (Å²) in [6.45, 7) is 7.03. The Morgan fingerprint density at radius 2 is 2.08 bits per heavy atom. The van der Waals surface area contributed by atoms with Gasteiger partial charge in [-0.05, 0) is 40.2 Å². The maximum absolute atomic E-state index is 5.40. The highest BCUT2D eigenvalue weighted by atomic mass is 16.5. The minimum Gasteiger partial charge on any atom is -0.378 e. The van der Waals surface area contributed by atoms with Crippen LogP contribution in [0.15, 0.2) is 11.6 Å². The molecule has 0 aliphatic rings. The van der Waals surface area contributed by atoms with Gasteiger partial charge in [0.15, 0.2) is 0 Å². The van der Waals surface area contributed by atoms with Gasteiger partial charge in [-0.15, -0.1) is 0 Å². The van der Waals surface area contributed by atoms with Gasteiger partial charge in [-0.3, -0.25) is 0 Å². The third-order valence-electron chi connectivity index (χ3n) is 1.92. The van der Waals surface area contributed by atoms with Crippen LogP contribution in [0.25, 0.3) is 0 Å². The molecular formula is C10H21NO. The zero-order valence-corrected chi connectivity index (χ0v) is 8.68. The van der Waals surface area contributed by atoms with E-state index in [1.807, 2.05) is 0 Å². The molecular weight excluding hydrogens is 150 g/mol. The molecule has 2 N–H and O–H groups in total. The van der Waals surface area contributed by atoms with Gasteiger partial charge in [-0.2, -0.15) is 0 Å². The minimum absolute atomic E-state index is 0.0464. The lowest BCUT2D eigenvalue weighted by atomic mass is 9.99. The molecule has 0 amide bonds. The Balaban J connectivity index is 3.90. The van der Waals surface area contributed by atoms with E-state index in [4.69, 9.17) is 10.5 Å². The predicted molar refractivity (Wildman–Crippen MR) is 53.1 cm³/mol. The van der Waals surface area contributed by atoms with Crippen LogP contribution in [0, 0.1) is 0 Å². The van der Waals surface area contributed by atoms with Crippen molar-refractivity contribution >= 4 is 0 Å². The smallest absolute Gasteiger partial charge is 0.0659 e. The molecule has 2 heteroatoms. The van der Waals surface area contributed by atoms with Crippen molar-refractivity contribution < 1.29 is 4.74 Å². The standard InChI is InChI=1S/C10H21NO/c1-9(6-5-7-11)8-10(2,3)12-4/h6H,5,7-8,11H2,1-4H3. The fourth-order valence-corrected chi connectivity index (χ4v) is 1.15. The quantitative estimate of drug-likeness (QED) is 0.643. The van der Waals surface area contributed by atoms with Crippen molar-refractivity contribution in [3.63, 3.8) is 0 Å². The van der Waals surface area contributed by atoms with E-state index >= 15 is 0 Å². The molecule has 0 saturated carbocycles. The Labute approximate surface area is 75.8 Å². The van der Waals surface area contributed by atoms with Crippen LogP contribution in [0.1, 0.15) is 33.6 Å². The fourth-order valence-electron chi connectivity index (χ4n) is 1.15. The van der Waals surface area contributed by atoms with E-state index in [-0.39, 0.29) is 5.60 Å². The van der Waals surface area contributed by atoms with Crippen LogP contribution in [-0.2, 0) is 4.74 Å². The summed E-state index contributed by atoms with van der Waals surface area (Å²) in [4.78, 5) is 0. The molecule has 0 aliphatic heterocycles. The summed E-state index contributed by atoms with van der Waals surface area (Å²) < 4.78 is 5.32. The molecule has 0 saturated heterocycles. The SMILES string of the molecule is COC(C)(C)CC(C)=CCCN. The maximum atomic E-state index is 5.40. The van der Waals surface area contributed by atoms with Crippen LogP contribution in [-0.4, -0.2) is 19.3 Å². The summed E-state index contributed by atoms with van der Waals surface area (Å²) in [6, 6.07) is 0. The summed E-state index contributed by atoms with van der Waals surface area (Å²) in [5, 5.41) is 0. The number of ether oxygens (including phenoxy) is 1. The van der Waals surface area contributed by atoms with Gasteiger partial charge in [0, 0.05) is 7.11 Å². The molecule has 0 aromatic carbocycles. The molecule has 0 unspecified atom stereocenters. The number of nitrogens with two attached hydrogens (primary N) is 1. The molecule has 2 nitrogen and oxygen atoms in total. The average molecular weight is 171 g/mol. The summed E-state index contributed by atoms with van der Waals surface area (Å²) >= 11 is 0. The molecule has 0 spiro atoms. The molecule has 72 valence electrons. The Morgan fingerprint density at radius 1 is 1.50 bits per heavy atom. The summed E-state index contributed by atoms with van der Waals surface area (Å²) in [5.41, 5.74) is 6.70. The first kappa shape index (κ1) is 11.7. The molecule has 0 atom stereocenters. The molecule has 0 fully saturated rings. The second-order valence-corrected chi connectivity index (χ2v) is 3.77. The van der Waals surface area contributed by atoms with Gasteiger partial charge in [0.05, 0.1) is 5.60 Å². The first-order chi connectivity index (χ1) is 5.52. The summed E-state index contributed by atoms with van der Waals surface area (Å²) in [7, 11) is 1.75. The average Bonchev–Trinajstić information content (AvgIpc) is 2.00. The zero-order valence-electron chi connectivity index (χ0n) is 8.68. The van der Waals surface area contributed by atoms with Crippen LogP contribution in [0.4, 0.5) is 0 Å². The predicted octanol–water partition coefficient (Wildman–Crippen LogP) is 2.10. The van der Waals surface area contributed by atoms with E-state index in [2.05, 4.69) is 26.8 Å². The first-order valence-electron chi connectivity index (χ1n) is 4.42. The Kier molecular flexibility index (Phi) is 5.18. The topological polar surface area (TPSA) is 35.2 Å². The van der Waals surface area contributed by atoms with Crippen LogP contribution < -0.4 is 5.73 Å². The second-order valence-electron chi connectivity index (χ2n) is 3.77. The molecule has 0 radical (unpaired) electrons. The molecule has 12 heavy (non-hydrogen) atoms. The van der Waals surface area contributed by atoms with Crippen molar-refractivity contribution in [1.82, 2.24) is 0 Å². The largest absolute Gasteiger partial charge is 0.378 e. The molecule has 0 bridgehead atoms. The molecule has 0 aliphatic carbocycles. The van der Waals surface area contributed by atoms with Gasteiger partial charge in [-0.1, -0.05) is 11.6 Å². The van der Waals surface area contributed by atoms with Crippen molar-refractivity contribution in [1.29, 1.82) is 0 Å². The van der Waals surface area contributed by atoms with E-state index in [1.165, 1.54) is 5.57 Å². The van der Waals surface area contributed by atoms with Crippen LogP contribution in [0.5, 0.6) is 0 Å². The fraction of sp³-hybridized carbons (Fsp3) is 0.800. The van der Waals surface area contributed by atoms with Gasteiger partial charge in [0.25, 0.3) is 0 Å². The third-order valence-corrected chi connectivity index (χ3v) is 1.92. The van der Waals surface area contributed by atoms with Gasteiger partial charge in [-0.25, -0.2) is 0 Å². The highest BCUT2D eigenvalue weighted by molar-refractivity contribution is 5.02. The highest BCUT2D eigenvalue weighted by Crippen LogP contribution is 2.18. The molecule has 0 aromatic heterocycles. The molecule has 0 aromatic rings. The van der Waals surface area contributed by atoms with E-state index in [0.717, 1.165) is 19.4 Å². The number of hydrogen-bond donors (Lipinski definition) is 1. The Morgan fingerprint density at radius 3 is 2.50 bits per heavy atom. The highest BCUT2D eigenvalue weighted by Gasteiger charge is 2.15. The van der Waals surface area contributed by atoms with Crippen molar-refractivity contribution in [2.45, 2.75) is 39.2 Å². The molecule has 0 rings (SSSR count). The lowest BCUT2D eigenvalue weighted by molar-refractivity contribution is 0.0232. The second kappa shape index (κ2) is 5.33. The normalized spacial score (nSPS) is 13.6. The number of rotatable bonds is 5. The minimum atomic E-state index is -0.0464. The lowest BCUT2D eigenvalue weighted by Gasteiger charge is -2.23. The van der Waals surface area contributed by atoms with Gasteiger partial charge >= 0.3 is 0 Å². The Bertz CT molecular complexity index is 150. The van der Waals surface area contributed by atoms with Gasteiger partial charge in [0.1, 0.15) is 0 Å². The molecule has 0 heterocycles. The van der Waals surface area contributed by atoms with Crippen LogP contribution in [0.2, 0.25) is 0 Å². The van der Waals surface area contributed by atoms with E-state index in [9.17, 15) is 0 Å². The van der Waals surface area contributed by atoms with Crippen molar-refractivity contribution in [2.75, 3.05) is 13.7 Å². The summed E-state index contributed by atoms with van der Waals surface area (Å²) in [6.07, 6.45) is 4.12. The van der Waals surface area contributed by atoms with Crippen LogP contribution in [0.3, 0.4) is 0 Å². The summed E-state index contributed by atoms with van der Waals surface area (Å²) in [5.74, 6) is 0.